The highest BCUT2D eigenvalue weighted by Crippen LogP contribution is 2.23. The zero-order valence-corrected chi connectivity index (χ0v) is 10.1. The van der Waals surface area contributed by atoms with Crippen LogP contribution in [0.25, 0.3) is 0 Å². The molecule has 0 bridgehead atoms. The molecular weight excluding hydrogens is 268 g/mol. The van der Waals surface area contributed by atoms with Gasteiger partial charge in [0, 0.05) is 0 Å². The molecule has 0 atom stereocenters. The van der Waals surface area contributed by atoms with Gasteiger partial charge in [-0.25, -0.2) is 0 Å². The van der Waals surface area contributed by atoms with Crippen LogP contribution in [0.15, 0.2) is 24.3 Å². The van der Waals surface area contributed by atoms with E-state index in [1.54, 1.807) is 6.07 Å². The Morgan fingerprint density at radius 2 is 1.93 bits per heavy atom. The van der Waals surface area contributed by atoms with Gasteiger partial charge in [-0.05, 0) is 23.7 Å². The van der Waals surface area contributed by atoms with Gasteiger partial charge in [0.05, 0.1) is 0 Å². The summed E-state index contributed by atoms with van der Waals surface area (Å²) in [4.78, 5) is 0. The zero-order chi connectivity index (χ0) is 11.5. The summed E-state index contributed by atoms with van der Waals surface area (Å²) in [6, 6.07) is 6.07. The van der Waals surface area contributed by atoms with Gasteiger partial charge in [0.25, 0.3) is 0 Å². The SMILES string of the molecule is FC(F)(F)Oc1cccc(C[SiH](Cl)Cl)c1. The van der Waals surface area contributed by atoms with Crippen molar-refractivity contribution in [1.29, 1.82) is 0 Å². The van der Waals surface area contributed by atoms with Crippen LogP contribution in [-0.4, -0.2) is 13.8 Å². The average molecular weight is 275 g/mol. The van der Waals surface area contributed by atoms with Crippen molar-refractivity contribution in [2.24, 2.45) is 0 Å². The Kier molecular flexibility index (Phi) is 4.30. The van der Waals surface area contributed by atoms with Crippen LogP contribution < -0.4 is 4.74 Å². The molecule has 0 radical (unpaired) electrons. The number of benzene rings is 1. The lowest BCUT2D eigenvalue weighted by Gasteiger charge is -2.09. The van der Waals surface area contributed by atoms with Crippen molar-refractivity contribution in [2.75, 3.05) is 0 Å². The first-order valence-corrected chi connectivity index (χ1v) is 8.30. The van der Waals surface area contributed by atoms with Crippen LogP contribution in [0.5, 0.6) is 5.75 Å². The monoisotopic (exact) mass is 274 g/mol. The lowest BCUT2D eigenvalue weighted by atomic mass is 10.2. The third-order valence-corrected chi connectivity index (χ3v) is 3.23. The number of hydrogen-bond donors (Lipinski definition) is 0. The van der Waals surface area contributed by atoms with E-state index in [1.165, 1.54) is 18.2 Å². The smallest absolute Gasteiger partial charge is 0.406 e. The molecule has 15 heavy (non-hydrogen) atoms. The Hall–Kier alpha value is -0.393. The topological polar surface area (TPSA) is 9.23 Å². The van der Waals surface area contributed by atoms with E-state index in [0.717, 1.165) is 0 Å². The normalized spacial score (nSPS) is 11.9. The highest BCUT2D eigenvalue weighted by atomic mass is 35.7. The number of alkyl halides is 3. The lowest BCUT2D eigenvalue weighted by Crippen LogP contribution is -2.17. The average Bonchev–Trinajstić information content (AvgIpc) is 1.99. The van der Waals surface area contributed by atoms with Crippen molar-refractivity contribution in [3.8, 4) is 5.75 Å². The van der Waals surface area contributed by atoms with Crippen LogP contribution in [0.3, 0.4) is 0 Å². The van der Waals surface area contributed by atoms with Gasteiger partial charge in [-0.1, -0.05) is 12.1 Å². The fourth-order valence-corrected chi connectivity index (χ4v) is 2.73. The Bertz CT molecular complexity index is 330. The summed E-state index contributed by atoms with van der Waals surface area (Å²) in [5, 5.41) is 0. The van der Waals surface area contributed by atoms with Crippen molar-refractivity contribution in [1.82, 2.24) is 0 Å². The van der Waals surface area contributed by atoms with Crippen molar-refractivity contribution in [3.63, 3.8) is 0 Å². The second kappa shape index (κ2) is 5.09. The fraction of sp³-hybridized carbons (Fsp3) is 0.250. The third kappa shape index (κ3) is 5.29. The summed E-state index contributed by atoms with van der Waals surface area (Å²) in [6.45, 7) is 0. The second-order valence-corrected chi connectivity index (χ2v) is 7.81. The van der Waals surface area contributed by atoms with Crippen molar-refractivity contribution in [2.45, 2.75) is 12.4 Å². The maximum absolute atomic E-state index is 11.9. The minimum absolute atomic E-state index is 0.247. The molecule has 0 aromatic heterocycles. The predicted octanol–water partition coefficient (Wildman–Crippen LogP) is 3.37. The zero-order valence-electron chi connectivity index (χ0n) is 7.39. The van der Waals surface area contributed by atoms with Gasteiger partial charge in [-0.3, -0.25) is 0 Å². The maximum atomic E-state index is 11.9. The minimum Gasteiger partial charge on any atom is -0.406 e. The Balaban J connectivity index is 2.74. The summed E-state index contributed by atoms with van der Waals surface area (Å²) < 4.78 is 39.4. The fourth-order valence-electron chi connectivity index (χ4n) is 1.05. The molecular formula is C8H7Cl2F3OSi. The molecule has 0 aliphatic heterocycles. The van der Waals surface area contributed by atoms with Gasteiger partial charge >= 0.3 is 6.36 Å². The second-order valence-electron chi connectivity index (χ2n) is 2.79. The van der Waals surface area contributed by atoms with Crippen LogP contribution >= 0.6 is 22.2 Å². The summed E-state index contributed by atoms with van der Waals surface area (Å²) in [7, 11) is -1.86. The van der Waals surface area contributed by atoms with E-state index in [4.69, 9.17) is 22.2 Å². The summed E-state index contributed by atoms with van der Waals surface area (Å²) in [5.74, 6) is -0.247. The molecule has 0 spiro atoms. The Morgan fingerprint density at radius 3 is 2.47 bits per heavy atom. The first-order chi connectivity index (χ1) is 6.87. The van der Waals surface area contributed by atoms with E-state index in [2.05, 4.69) is 4.74 Å². The van der Waals surface area contributed by atoms with E-state index in [0.29, 0.717) is 11.6 Å². The molecule has 0 unspecified atom stereocenters. The molecule has 1 nitrogen and oxygen atoms in total. The first kappa shape index (κ1) is 12.7. The van der Waals surface area contributed by atoms with Crippen LogP contribution in [0, 0.1) is 0 Å². The number of ether oxygens (including phenoxy) is 1. The highest BCUT2D eigenvalue weighted by molar-refractivity contribution is 7.33. The van der Waals surface area contributed by atoms with Crippen LogP contribution in [-0.2, 0) is 6.04 Å². The van der Waals surface area contributed by atoms with Crippen LogP contribution in [0.1, 0.15) is 5.56 Å². The number of halogens is 5. The molecule has 0 saturated carbocycles. The molecule has 0 N–H and O–H groups in total. The van der Waals surface area contributed by atoms with E-state index in [9.17, 15) is 13.2 Å². The van der Waals surface area contributed by atoms with Crippen LogP contribution in [0.2, 0.25) is 0 Å². The van der Waals surface area contributed by atoms with Gasteiger partial charge in [0.1, 0.15) is 5.75 Å². The van der Waals surface area contributed by atoms with Crippen molar-refractivity contribution < 1.29 is 17.9 Å². The molecule has 0 amide bonds. The van der Waals surface area contributed by atoms with Gasteiger partial charge in [-0.15, -0.1) is 35.3 Å². The summed E-state index contributed by atoms with van der Waals surface area (Å²) in [5.41, 5.74) is 0.651. The Morgan fingerprint density at radius 1 is 1.27 bits per heavy atom. The summed E-state index contributed by atoms with van der Waals surface area (Å²) >= 11 is 11.3. The Labute approximate surface area is 95.8 Å². The molecule has 7 heteroatoms. The highest BCUT2D eigenvalue weighted by Gasteiger charge is 2.31. The third-order valence-electron chi connectivity index (χ3n) is 1.52. The molecule has 1 aromatic rings. The largest absolute Gasteiger partial charge is 0.573 e. The molecule has 84 valence electrons. The van der Waals surface area contributed by atoms with Gasteiger partial charge in [-0.2, -0.15) is 0 Å². The molecule has 0 fully saturated rings. The lowest BCUT2D eigenvalue weighted by molar-refractivity contribution is -0.274. The molecule has 0 saturated heterocycles. The van der Waals surface area contributed by atoms with Crippen molar-refractivity contribution >= 4 is 29.6 Å². The summed E-state index contributed by atoms with van der Waals surface area (Å²) in [6.07, 6.45) is -4.67. The first-order valence-electron chi connectivity index (χ1n) is 3.99. The maximum Gasteiger partial charge on any atom is 0.573 e. The van der Waals surface area contributed by atoms with E-state index >= 15 is 0 Å². The van der Waals surface area contributed by atoms with E-state index < -0.39 is 13.8 Å². The molecule has 0 aliphatic carbocycles. The quantitative estimate of drug-likeness (QED) is 0.607. The van der Waals surface area contributed by atoms with E-state index in [-0.39, 0.29) is 5.75 Å². The van der Waals surface area contributed by atoms with E-state index in [1.807, 2.05) is 0 Å². The standard InChI is InChI=1S/C8H7Cl2F3OSi/c9-15(10)5-6-2-1-3-7(4-6)14-8(11,12)13/h1-4,15H,5H2. The van der Waals surface area contributed by atoms with Gasteiger partial charge in [0.15, 0.2) is 0 Å². The van der Waals surface area contributed by atoms with Gasteiger partial charge < -0.3 is 4.74 Å². The predicted molar refractivity (Wildman–Crippen MR) is 55.7 cm³/mol. The molecule has 0 heterocycles. The van der Waals surface area contributed by atoms with Crippen LogP contribution in [0.4, 0.5) is 13.2 Å². The molecule has 1 aromatic carbocycles. The molecule has 0 aliphatic rings. The van der Waals surface area contributed by atoms with Crippen molar-refractivity contribution in [3.05, 3.63) is 29.8 Å². The minimum atomic E-state index is -4.67. The van der Waals surface area contributed by atoms with Gasteiger partial charge in [0.2, 0.25) is 7.42 Å². The number of rotatable bonds is 3. The molecule has 1 rings (SSSR count). The number of hydrogen-bond acceptors (Lipinski definition) is 1.